The number of amides is 1. The first-order valence-corrected chi connectivity index (χ1v) is 11.5. The number of nitrogens with one attached hydrogen (secondary N) is 2. The lowest BCUT2D eigenvalue weighted by atomic mass is 9.78. The summed E-state index contributed by atoms with van der Waals surface area (Å²) in [5, 5.41) is 7.16. The maximum Gasteiger partial charge on any atom is 0.236 e. The molecule has 0 aliphatic carbocycles. The Morgan fingerprint density at radius 3 is 2.55 bits per heavy atom. The van der Waals surface area contributed by atoms with E-state index in [-0.39, 0.29) is 11.9 Å². The number of nitrogens with zero attached hydrogens (tertiary/aromatic N) is 1. The first-order valence-electron chi connectivity index (χ1n) is 11.1. The third-order valence-electron chi connectivity index (χ3n) is 6.59. The molecule has 2 aliphatic heterocycles. The van der Waals surface area contributed by atoms with E-state index in [1.807, 2.05) is 87.2 Å². The molecule has 1 saturated heterocycles. The predicted octanol–water partition coefficient (Wildman–Crippen LogP) is 5.41. The third-order valence-corrected chi connectivity index (χ3v) is 6.89. The average Bonchev–Trinajstić information content (AvgIpc) is 2.75. The zero-order valence-corrected chi connectivity index (χ0v) is 20.0. The highest BCUT2D eigenvalue weighted by molar-refractivity contribution is 7.80. The highest BCUT2D eigenvalue weighted by Gasteiger charge is 2.59. The van der Waals surface area contributed by atoms with Gasteiger partial charge in [-0.3, -0.25) is 9.69 Å². The number of carbonyl (C=O) groups is 1. The van der Waals surface area contributed by atoms with Gasteiger partial charge in [-0.15, -0.1) is 0 Å². The minimum atomic E-state index is -1.02. The van der Waals surface area contributed by atoms with Crippen LogP contribution in [0.15, 0.2) is 66.7 Å². The number of anilines is 2. The van der Waals surface area contributed by atoms with Crippen molar-refractivity contribution >= 4 is 34.6 Å². The van der Waals surface area contributed by atoms with Gasteiger partial charge in [0.05, 0.1) is 6.04 Å². The van der Waals surface area contributed by atoms with Gasteiger partial charge in [0.15, 0.2) is 10.8 Å². The quantitative estimate of drug-likeness (QED) is 0.515. The molecule has 33 heavy (non-hydrogen) atoms. The van der Waals surface area contributed by atoms with E-state index >= 15 is 0 Å². The topological polar surface area (TPSA) is 53.6 Å². The van der Waals surface area contributed by atoms with Crippen molar-refractivity contribution in [3.63, 3.8) is 0 Å². The van der Waals surface area contributed by atoms with Crippen LogP contribution in [0.3, 0.4) is 0 Å². The summed E-state index contributed by atoms with van der Waals surface area (Å²) in [7, 11) is 0. The molecule has 3 aromatic carbocycles. The summed E-state index contributed by atoms with van der Waals surface area (Å²) in [5.41, 5.74) is 4.89. The molecule has 0 unspecified atom stereocenters. The molecule has 3 atom stereocenters. The molecule has 2 heterocycles. The smallest absolute Gasteiger partial charge is 0.236 e. The molecular formula is C27H27N3O2S. The van der Waals surface area contributed by atoms with Crippen molar-refractivity contribution in [3.8, 4) is 5.75 Å². The van der Waals surface area contributed by atoms with Crippen molar-refractivity contribution in [2.45, 2.75) is 39.5 Å². The number of fused-ring (bicyclic) bond motifs is 4. The van der Waals surface area contributed by atoms with E-state index in [0.29, 0.717) is 5.11 Å². The van der Waals surface area contributed by atoms with Crippen LogP contribution in [0.2, 0.25) is 0 Å². The average molecular weight is 458 g/mol. The Balaban J connectivity index is 1.62. The number of hydrogen-bond acceptors (Lipinski definition) is 3. The van der Waals surface area contributed by atoms with Crippen molar-refractivity contribution in [2.75, 3.05) is 10.2 Å². The summed E-state index contributed by atoms with van der Waals surface area (Å²) in [5.74, 6) is 0.0881. The van der Waals surface area contributed by atoms with E-state index in [0.717, 1.165) is 39.4 Å². The molecule has 0 spiro atoms. The second-order valence-electron chi connectivity index (χ2n) is 9.08. The molecule has 0 radical (unpaired) electrons. The van der Waals surface area contributed by atoms with Gasteiger partial charge < -0.3 is 15.4 Å². The van der Waals surface area contributed by atoms with Crippen LogP contribution in [0.5, 0.6) is 5.75 Å². The predicted molar refractivity (Wildman–Crippen MR) is 136 cm³/mol. The van der Waals surface area contributed by atoms with E-state index in [1.54, 1.807) is 0 Å². The molecule has 3 aromatic rings. The Kier molecular flexibility index (Phi) is 5.13. The van der Waals surface area contributed by atoms with Crippen molar-refractivity contribution in [2.24, 2.45) is 5.92 Å². The third kappa shape index (κ3) is 3.55. The lowest BCUT2D eigenvalue weighted by molar-refractivity contribution is -0.130. The second-order valence-corrected chi connectivity index (χ2v) is 9.47. The summed E-state index contributed by atoms with van der Waals surface area (Å²) in [6.07, 6.45) is 0. The molecule has 1 amide bonds. The van der Waals surface area contributed by atoms with Crippen LogP contribution in [0.1, 0.15) is 35.2 Å². The number of para-hydroxylation sites is 1. The van der Waals surface area contributed by atoms with Gasteiger partial charge in [-0.2, -0.15) is 0 Å². The Morgan fingerprint density at radius 2 is 1.79 bits per heavy atom. The highest BCUT2D eigenvalue weighted by atomic mass is 32.1. The zero-order chi connectivity index (χ0) is 23.3. The number of thiocarbonyl (C=S) groups is 1. The molecule has 2 aliphatic rings. The first kappa shape index (κ1) is 21.5. The maximum absolute atomic E-state index is 13.9. The van der Waals surface area contributed by atoms with Crippen LogP contribution in [0.4, 0.5) is 11.4 Å². The maximum atomic E-state index is 13.9. The molecule has 1 fully saturated rings. The fourth-order valence-corrected chi connectivity index (χ4v) is 5.46. The zero-order valence-electron chi connectivity index (χ0n) is 19.2. The van der Waals surface area contributed by atoms with Crippen molar-refractivity contribution in [1.29, 1.82) is 0 Å². The van der Waals surface area contributed by atoms with E-state index in [4.69, 9.17) is 17.0 Å². The highest BCUT2D eigenvalue weighted by Crippen LogP contribution is 2.49. The summed E-state index contributed by atoms with van der Waals surface area (Å²) >= 11 is 5.82. The van der Waals surface area contributed by atoms with Gasteiger partial charge in [0.25, 0.3) is 0 Å². The number of ether oxygens (including phenoxy) is 1. The van der Waals surface area contributed by atoms with Crippen LogP contribution < -0.4 is 20.3 Å². The number of aryl methyl sites for hydroxylation is 3. The molecular weight excluding hydrogens is 430 g/mol. The molecule has 5 rings (SSSR count). The van der Waals surface area contributed by atoms with Crippen LogP contribution >= 0.6 is 12.2 Å². The second kappa shape index (κ2) is 7.89. The number of rotatable bonds is 3. The van der Waals surface area contributed by atoms with Gasteiger partial charge in [-0.25, -0.2) is 0 Å². The van der Waals surface area contributed by atoms with Gasteiger partial charge in [0.2, 0.25) is 5.91 Å². The van der Waals surface area contributed by atoms with Gasteiger partial charge in [0.1, 0.15) is 11.7 Å². The Labute approximate surface area is 199 Å². The molecule has 168 valence electrons. The van der Waals surface area contributed by atoms with Crippen molar-refractivity contribution < 1.29 is 9.53 Å². The van der Waals surface area contributed by atoms with E-state index in [1.165, 1.54) is 0 Å². The summed E-state index contributed by atoms with van der Waals surface area (Å²) < 4.78 is 6.63. The van der Waals surface area contributed by atoms with Gasteiger partial charge >= 0.3 is 0 Å². The monoisotopic (exact) mass is 457 g/mol. The Morgan fingerprint density at radius 1 is 1.03 bits per heavy atom. The van der Waals surface area contributed by atoms with Crippen LogP contribution in [0, 0.1) is 26.7 Å². The summed E-state index contributed by atoms with van der Waals surface area (Å²) in [6.45, 7) is 8.04. The van der Waals surface area contributed by atoms with Crippen LogP contribution in [-0.2, 0) is 4.79 Å². The van der Waals surface area contributed by atoms with Gasteiger partial charge in [-0.1, -0.05) is 48.0 Å². The van der Waals surface area contributed by atoms with Crippen molar-refractivity contribution in [1.82, 2.24) is 5.32 Å². The largest absolute Gasteiger partial charge is 0.467 e. The molecule has 2 bridgehead atoms. The van der Waals surface area contributed by atoms with Crippen LogP contribution in [0.25, 0.3) is 0 Å². The summed E-state index contributed by atoms with van der Waals surface area (Å²) in [4.78, 5) is 15.8. The molecule has 0 aromatic heterocycles. The van der Waals surface area contributed by atoms with Crippen molar-refractivity contribution in [3.05, 3.63) is 89.0 Å². The normalized spacial score (nSPS) is 23.3. The van der Waals surface area contributed by atoms with Crippen LogP contribution in [-0.4, -0.2) is 16.7 Å². The molecule has 5 nitrogen and oxygen atoms in total. The minimum absolute atomic E-state index is 0.114. The number of benzene rings is 3. The van der Waals surface area contributed by atoms with Gasteiger partial charge in [0, 0.05) is 16.9 Å². The van der Waals surface area contributed by atoms with E-state index < -0.39 is 11.6 Å². The molecule has 6 heteroatoms. The molecule has 2 N–H and O–H groups in total. The standard InChI is InChI=1S/C27H27N3O2S/c1-16-8-7-9-19(15-16)30-26(33)29-24-20-10-5-6-11-22(20)32-27(30,4)23(24)25(31)28-21-13-12-17(2)14-18(21)3/h5-15,23-24H,1-4H3,(H,28,31)(H,29,33)/t23-,24+,27+/m1/s1. The number of hydrogen-bond donors (Lipinski definition) is 2. The Bertz CT molecular complexity index is 1270. The summed E-state index contributed by atoms with van der Waals surface area (Å²) in [6, 6.07) is 21.7. The van der Waals surface area contributed by atoms with Gasteiger partial charge in [-0.05, 0) is 75.3 Å². The number of carbonyl (C=O) groups excluding carboxylic acids is 1. The first-order chi connectivity index (χ1) is 15.8. The van der Waals surface area contributed by atoms with E-state index in [2.05, 4.69) is 22.8 Å². The minimum Gasteiger partial charge on any atom is -0.467 e. The SMILES string of the molecule is Cc1cccc(N2C(=S)N[C@H]3c4ccccc4O[C@@]2(C)[C@H]3C(=O)Nc2ccc(C)cc2C)c1. The van der Waals surface area contributed by atoms with E-state index in [9.17, 15) is 4.79 Å². The fourth-order valence-electron chi connectivity index (χ4n) is 5.05. The Hall–Kier alpha value is -3.38. The lowest BCUT2D eigenvalue weighted by Gasteiger charge is -2.56. The lowest BCUT2D eigenvalue weighted by Crippen LogP contribution is -2.72. The fraction of sp³-hybridized carbons (Fsp3) is 0.259. The molecule has 0 saturated carbocycles.